The lowest BCUT2D eigenvalue weighted by atomic mass is 9.53. The fraction of sp³-hybridized carbons (Fsp3) is 0.591. The number of alkyl halides is 3. The average Bonchev–Trinajstić information content (AvgIpc) is 3.00. The molecule has 0 amide bonds. The molecule has 0 N–H and O–H groups in total. The van der Waals surface area contributed by atoms with Crippen molar-refractivity contribution in [3.8, 4) is 11.5 Å². The van der Waals surface area contributed by atoms with E-state index in [1.165, 1.54) is 0 Å². The molecule has 0 aromatic heterocycles. The van der Waals surface area contributed by atoms with Crippen LogP contribution in [0.2, 0.25) is 19.6 Å². The lowest BCUT2D eigenvalue weighted by Crippen LogP contribution is -2.63. The largest absolute Gasteiger partial charge is 0.542 e. The Hall–Kier alpha value is -2.00. The molecular weight excluding hydrogens is 427 g/mol. The molecule has 4 atom stereocenters. The van der Waals surface area contributed by atoms with Crippen molar-refractivity contribution >= 4 is 14.3 Å². The van der Waals surface area contributed by atoms with Crippen LogP contribution in [0.4, 0.5) is 13.2 Å². The zero-order valence-electron chi connectivity index (χ0n) is 18.0. The SMILES string of the molecule is CN1CC[C@]23c4c5ccc(O[Si](C)(C)C)c4OC2C(OC(=O)C(F)(F)F)=CCC3[C@H]1C5. The number of benzene rings is 1. The molecule has 2 aliphatic heterocycles. The van der Waals surface area contributed by atoms with Crippen molar-refractivity contribution in [1.29, 1.82) is 0 Å². The van der Waals surface area contributed by atoms with Gasteiger partial charge in [-0.2, -0.15) is 13.2 Å². The van der Waals surface area contributed by atoms with E-state index in [-0.39, 0.29) is 17.7 Å². The molecule has 1 aromatic rings. The van der Waals surface area contributed by atoms with Gasteiger partial charge in [0.25, 0.3) is 0 Å². The number of rotatable bonds is 3. The maximum atomic E-state index is 12.9. The molecule has 168 valence electrons. The highest BCUT2D eigenvalue weighted by atomic mass is 28.4. The van der Waals surface area contributed by atoms with Crippen LogP contribution in [0.5, 0.6) is 11.5 Å². The Morgan fingerprint density at radius 2 is 2.03 bits per heavy atom. The molecule has 31 heavy (non-hydrogen) atoms. The van der Waals surface area contributed by atoms with Gasteiger partial charge < -0.3 is 18.8 Å². The molecule has 9 heteroatoms. The standard InChI is InChI=1S/C22H26F3NO4Si/c1-26-10-9-21-13-6-8-16(28-20(27)22(23,24)25)19(21)29-18-15(30-31(2,3)4)7-5-12(17(18)21)11-14(13)26/h5,7-8,13-14,19H,6,9-11H2,1-4H3/t13?,14-,19?,21+/m1/s1. The highest BCUT2D eigenvalue weighted by Gasteiger charge is 2.65. The van der Waals surface area contributed by atoms with Crippen molar-refractivity contribution in [1.82, 2.24) is 4.90 Å². The number of nitrogens with zero attached hydrogens (tertiary/aromatic N) is 1. The van der Waals surface area contributed by atoms with Crippen molar-refractivity contribution in [2.24, 2.45) is 5.92 Å². The second-order valence-corrected chi connectivity index (χ2v) is 14.4. The van der Waals surface area contributed by atoms with Gasteiger partial charge in [0.2, 0.25) is 8.32 Å². The topological polar surface area (TPSA) is 48.0 Å². The Kier molecular flexibility index (Phi) is 4.38. The average molecular weight is 454 g/mol. The number of hydrogen-bond donors (Lipinski definition) is 0. The van der Waals surface area contributed by atoms with Crippen LogP contribution < -0.4 is 9.16 Å². The number of ether oxygens (including phenoxy) is 2. The van der Waals surface area contributed by atoms with Crippen molar-refractivity contribution in [2.75, 3.05) is 13.6 Å². The van der Waals surface area contributed by atoms with Gasteiger partial charge in [0.05, 0.1) is 0 Å². The van der Waals surface area contributed by atoms with Crippen LogP contribution in [0.3, 0.4) is 0 Å². The molecule has 1 aromatic carbocycles. The molecule has 2 aliphatic carbocycles. The quantitative estimate of drug-likeness (QED) is 0.508. The van der Waals surface area contributed by atoms with Crippen molar-refractivity contribution < 1.29 is 31.9 Å². The molecule has 5 rings (SSSR count). The Bertz CT molecular complexity index is 986. The van der Waals surface area contributed by atoms with E-state index < -0.39 is 32.0 Å². The molecule has 5 nitrogen and oxygen atoms in total. The summed E-state index contributed by atoms with van der Waals surface area (Å²) in [7, 11) is 0.141. The monoisotopic (exact) mass is 453 g/mol. The number of hydrogen-bond acceptors (Lipinski definition) is 5. The Balaban J connectivity index is 1.64. The van der Waals surface area contributed by atoms with Crippen LogP contribution >= 0.6 is 0 Å². The van der Waals surface area contributed by atoms with E-state index in [1.807, 2.05) is 6.07 Å². The molecule has 4 aliphatic rings. The van der Waals surface area contributed by atoms with Crippen LogP contribution in [0.1, 0.15) is 24.0 Å². The minimum Gasteiger partial charge on any atom is -0.542 e. The third kappa shape index (κ3) is 3.03. The van der Waals surface area contributed by atoms with Gasteiger partial charge in [0, 0.05) is 17.0 Å². The summed E-state index contributed by atoms with van der Waals surface area (Å²) in [4.78, 5) is 14.0. The number of likely N-dealkylation sites (N-methyl/N-ethyl adjacent to an activating group) is 1. The molecule has 2 heterocycles. The summed E-state index contributed by atoms with van der Waals surface area (Å²) < 4.78 is 56.4. The van der Waals surface area contributed by atoms with Gasteiger partial charge in [-0.25, -0.2) is 4.79 Å². The van der Waals surface area contributed by atoms with E-state index in [2.05, 4.69) is 37.7 Å². The molecule has 1 spiro atoms. The molecule has 1 fully saturated rings. The van der Waals surface area contributed by atoms with E-state index in [9.17, 15) is 18.0 Å². The molecule has 1 saturated heterocycles. The first-order chi connectivity index (χ1) is 14.4. The number of carbonyl (C=O) groups excluding carboxylic acids is 1. The molecule has 0 radical (unpaired) electrons. The van der Waals surface area contributed by atoms with Crippen LogP contribution in [-0.4, -0.2) is 51.1 Å². The number of carbonyl (C=O) groups is 1. The van der Waals surface area contributed by atoms with E-state index >= 15 is 0 Å². The summed E-state index contributed by atoms with van der Waals surface area (Å²) >= 11 is 0. The van der Waals surface area contributed by atoms with Crippen molar-refractivity contribution in [2.45, 2.75) is 62.6 Å². The van der Waals surface area contributed by atoms with E-state index in [4.69, 9.17) is 13.9 Å². The Morgan fingerprint density at radius 1 is 1.29 bits per heavy atom. The number of halogens is 3. The first kappa shape index (κ1) is 20.9. The van der Waals surface area contributed by atoms with E-state index in [0.29, 0.717) is 17.9 Å². The van der Waals surface area contributed by atoms with Gasteiger partial charge in [-0.15, -0.1) is 0 Å². The van der Waals surface area contributed by atoms with Gasteiger partial charge in [-0.1, -0.05) is 6.07 Å². The van der Waals surface area contributed by atoms with Gasteiger partial charge in [-0.3, -0.25) is 0 Å². The van der Waals surface area contributed by atoms with Gasteiger partial charge in [-0.05, 0) is 76.1 Å². The summed E-state index contributed by atoms with van der Waals surface area (Å²) in [5.74, 6) is -0.786. The highest BCUT2D eigenvalue weighted by molar-refractivity contribution is 6.70. The van der Waals surface area contributed by atoms with E-state index in [1.54, 1.807) is 6.08 Å². The minimum absolute atomic E-state index is 0.0233. The van der Waals surface area contributed by atoms with Gasteiger partial charge in [0.1, 0.15) is 11.5 Å². The number of piperidine rings is 1. The third-order valence-electron chi connectivity index (χ3n) is 7.07. The molecule has 2 unspecified atom stereocenters. The summed E-state index contributed by atoms with van der Waals surface area (Å²) in [6, 6.07) is 4.25. The molecule has 2 bridgehead atoms. The molecule has 0 saturated carbocycles. The van der Waals surface area contributed by atoms with Crippen LogP contribution in [0.15, 0.2) is 24.0 Å². The maximum absolute atomic E-state index is 12.9. The summed E-state index contributed by atoms with van der Waals surface area (Å²) in [5.41, 5.74) is 1.70. The fourth-order valence-corrected chi connectivity index (χ4v) is 6.80. The fourth-order valence-electron chi connectivity index (χ4n) is 5.98. The van der Waals surface area contributed by atoms with Gasteiger partial charge >= 0.3 is 12.1 Å². The predicted molar refractivity (Wildman–Crippen MR) is 110 cm³/mol. The van der Waals surface area contributed by atoms with Crippen molar-refractivity contribution in [3.63, 3.8) is 0 Å². The lowest BCUT2D eigenvalue weighted by molar-refractivity contribution is -0.197. The number of allylic oxidation sites excluding steroid dienone is 1. The third-order valence-corrected chi connectivity index (χ3v) is 7.90. The highest BCUT2D eigenvalue weighted by Crippen LogP contribution is 2.64. The maximum Gasteiger partial charge on any atom is 0.491 e. The van der Waals surface area contributed by atoms with Crippen LogP contribution in [0, 0.1) is 5.92 Å². The summed E-state index contributed by atoms with van der Waals surface area (Å²) in [6.45, 7) is 7.03. The Morgan fingerprint density at radius 3 is 2.71 bits per heavy atom. The first-order valence-corrected chi connectivity index (χ1v) is 14.0. The van der Waals surface area contributed by atoms with E-state index in [0.717, 1.165) is 30.5 Å². The zero-order chi connectivity index (χ0) is 22.3. The number of esters is 1. The summed E-state index contributed by atoms with van der Waals surface area (Å²) in [6.07, 6.45) is -2.05. The zero-order valence-corrected chi connectivity index (χ0v) is 19.0. The second-order valence-electron chi connectivity index (χ2n) is 10.0. The second kappa shape index (κ2) is 6.51. The molecular formula is C22H26F3NO4Si. The predicted octanol–water partition coefficient (Wildman–Crippen LogP) is 4.17. The van der Waals surface area contributed by atoms with Crippen molar-refractivity contribution in [3.05, 3.63) is 35.1 Å². The normalized spacial score (nSPS) is 31.5. The van der Waals surface area contributed by atoms with Crippen LogP contribution in [-0.2, 0) is 21.4 Å². The number of likely N-dealkylation sites (tertiary alicyclic amines) is 1. The smallest absolute Gasteiger partial charge is 0.491 e. The summed E-state index contributed by atoms with van der Waals surface area (Å²) in [5, 5.41) is 0. The Labute approximate surface area is 180 Å². The lowest BCUT2D eigenvalue weighted by Gasteiger charge is -2.56. The van der Waals surface area contributed by atoms with Gasteiger partial charge in [0.15, 0.2) is 11.9 Å². The minimum atomic E-state index is -5.06. The van der Waals surface area contributed by atoms with Crippen LogP contribution in [0.25, 0.3) is 0 Å². The first-order valence-electron chi connectivity index (χ1n) is 10.6.